The highest BCUT2D eigenvalue weighted by Gasteiger charge is 2.20. The molecular weight excluding hydrogens is 296 g/mol. The van der Waals surface area contributed by atoms with Gasteiger partial charge >= 0.3 is 6.03 Å². The van der Waals surface area contributed by atoms with Crippen molar-refractivity contribution in [2.24, 2.45) is 0 Å². The number of carbonyl (C=O) groups is 1. The number of hydrogen-bond acceptors (Lipinski definition) is 3. The second-order valence-electron chi connectivity index (χ2n) is 6.87. The second kappa shape index (κ2) is 7.88. The van der Waals surface area contributed by atoms with E-state index in [0.29, 0.717) is 6.42 Å². The van der Waals surface area contributed by atoms with Gasteiger partial charge in [0.15, 0.2) is 0 Å². The van der Waals surface area contributed by atoms with Crippen molar-refractivity contribution >= 4 is 23.5 Å². The van der Waals surface area contributed by atoms with Crippen LogP contribution in [0.2, 0.25) is 0 Å². The Hall–Kier alpha value is -1.20. The van der Waals surface area contributed by atoms with E-state index in [1.165, 1.54) is 5.56 Å². The number of benzene rings is 1. The lowest BCUT2D eigenvalue weighted by Crippen LogP contribution is -2.42. The molecule has 22 heavy (non-hydrogen) atoms. The number of urea groups is 1. The van der Waals surface area contributed by atoms with E-state index in [0.717, 1.165) is 11.4 Å². The van der Waals surface area contributed by atoms with Gasteiger partial charge in [0.25, 0.3) is 0 Å². The third-order valence-electron chi connectivity index (χ3n) is 3.48. The minimum atomic E-state index is -0.879. The Bertz CT molecular complexity index is 478. The summed E-state index contributed by atoms with van der Waals surface area (Å²) in [5, 5.41) is 15.6. The van der Waals surface area contributed by atoms with Crippen molar-refractivity contribution in [3.05, 3.63) is 29.8 Å². The first-order valence-corrected chi connectivity index (χ1v) is 8.90. The SMILES string of the molecule is CSCC[C@](C)(O)CNC(=O)Nc1ccc(C(C)(C)C)cc1. The van der Waals surface area contributed by atoms with E-state index >= 15 is 0 Å². The molecule has 0 fully saturated rings. The van der Waals surface area contributed by atoms with Gasteiger partial charge in [0.2, 0.25) is 0 Å². The van der Waals surface area contributed by atoms with Crippen LogP contribution < -0.4 is 10.6 Å². The van der Waals surface area contributed by atoms with Gasteiger partial charge in [0.05, 0.1) is 5.60 Å². The third kappa shape index (κ3) is 6.71. The molecule has 0 bridgehead atoms. The first kappa shape index (κ1) is 18.8. The molecule has 0 saturated carbocycles. The molecule has 2 amide bonds. The molecule has 0 heterocycles. The molecular formula is C17H28N2O2S. The number of hydrogen-bond donors (Lipinski definition) is 3. The molecule has 0 aliphatic rings. The monoisotopic (exact) mass is 324 g/mol. The maximum atomic E-state index is 11.9. The summed E-state index contributed by atoms with van der Waals surface area (Å²) in [5.74, 6) is 0.866. The number of rotatable bonds is 6. The Morgan fingerprint density at radius 2 is 1.77 bits per heavy atom. The molecule has 0 aliphatic heterocycles. The number of nitrogens with one attached hydrogen (secondary N) is 2. The molecule has 0 aliphatic carbocycles. The van der Waals surface area contributed by atoms with Crippen LogP contribution in [0.15, 0.2) is 24.3 Å². The van der Waals surface area contributed by atoms with Crippen LogP contribution in [0.5, 0.6) is 0 Å². The summed E-state index contributed by atoms with van der Waals surface area (Å²) in [6.45, 7) is 8.43. The molecule has 3 N–H and O–H groups in total. The highest BCUT2D eigenvalue weighted by molar-refractivity contribution is 7.98. The van der Waals surface area contributed by atoms with Crippen molar-refractivity contribution in [3.63, 3.8) is 0 Å². The molecule has 1 aromatic rings. The van der Waals surface area contributed by atoms with E-state index in [1.54, 1.807) is 18.7 Å². The Labute approximate surface area is 138 Å². The summed E-state index contributed by atoms with van der Waals surface area (Å²) >= 11 is 1.68. The van der Waals surface area contributed by atoms with E-state index in [1.807, 2.05) is 30.5 Å². The molecule has 5 heteroatoms. The van der Waals surface area contributed by atoms with Crippen LogP contribution in [0.3, 0.4) is 0 Å². The van der Waals surface area contributed by atoms with Gasteiger partial charge in [-0.15, -0.1) is 0 Å². The van der Waals surface area contributed by atoms with E-state index < -0.39 is 5.60 Å². The predicted molar refractivity (Wildman–Crippen MR) is 95.8 cm³/mol. The molecule has 0 saturated heterocycles. The minimum Gasteiger partial charge on any atom is -0.388 e. The van der Waals surface area contributed by atoms with Gasteiger partial charge in [0.1, 0.15) is 0 Å². The molecule has 1 atom stereocenters. The molecule has 124 valence electrons. The van der Waals surface area contributed by atoms with Gasteiger partial charge in [-0.2, -0.15) is 11.8 Å². The zero-order valence-electron chi connectivity index (χ0n) is 14.2. The summed E-state index contributed by atoms with van der Waals surface area (Å²) in [6, 6.07) is 7.53. The van der Waals surface area contributed by atoms with E-state index in [4.69, 9.17) is 0 Å². The van der Waals surface area contributed by atoms with Crippen LogP contribution in [0, 0.1) is 0 Å². The van der Waals surface area contributed by atoms with Crippen molar-refractivity contribution in [3.8, 4) is 0 Å². The normalized spacial score (nSPS) is 14.3. The number of anilines is 1. The highest BCUT2D eigenvalue weighted by Crippen LogP contribution is 2.23. The first-order chi connectivity index (χ1) is 10.1. The van der Waals surface area contributed by atoms with E-state index in [-0.39, 0.29) is 18.0 Å². The smallest absolute Gasteiger partial charge is 0.319 e. The fraction of sp³-hybridized carbons (Fsp3) is 0.588. The fourth-order valence-corrected chi connectivity index (χ4v) is 2.55. The number of thioether (sulfide) groups is 1. The van der Waals surface area contributed by atoms with Gasteiger partial charge in [-0.1, -0.05) is 32.9 Å². The molecule has 1 aromatic carbocycles. The van der Waals surface area contributed by atoms with Crippen LogP contribution >= 0.6 is 11.8 Å². The minimum absolute atomic E-state index is 0.0940. The largest absolute Gasteiger partial charge is 0.388 e. The Morgan fingerprint density at radius 1 is 1.18 bits per heavy atom. The summed E-state index contributed by atoms with van der Waals surface area (Å²) < 4.78 is 0. The average molecular weight is 324 g/mol. The average Bonchev–Trinajstić information content (AvgIpc) is 2.43. The molecule has 4 nitrogen and oxygen atoms in total. The zero-order chi connectivity index (χ0) is 16.8. The summed E-state index contributed by atoms with van der Waals surface area (Å²) in [5.41, 5.74) is 1.18. The van der Waals surface area contributed by atoms with Crippen molar-refractivity contribution in [2.75, 3.05) is 23.9 Å². The van der Waals surface area contributed by atoms with Gasteiger partial charge in [-0.05, 0) is 48.5 Å². The lowest BCUT2D eigenvalue weighted by molar-refractivity contribution is 0.0599. The molecule has 0 unspecified atom stereocenters. The maximum Gasteiger partial charge on any atom is 0.319 e. The number of carbonyl (C=O) groups excluding carboxylic acids is 1. The van der Waals surface area contributed by atoms with Crippen molar-refractivity contribution in [1.29, 1.82) is 0 Å². The van der Waals surface area contributed by atoms with Gasteiger partial charge < -0.3 is 15.7 Å². The van der Waals surface area contributed by atoms with E-state index in [9.17, 15) is 9.90 Å². The Morgan fingerprint density at radius 3 is 2.27 bits per heavy atom. The lowest BCUT2D eigenvalue weighted by Gasteiger charge is -2.23. The fourth-order valence-electron chi connectivity index (χ4n) is 1.91. The highest BCUT2D eigenvalue weighted by atomic mass is 32.2. The number of amides is 2. The summed E-state index contributed by atoms with van der Waals surface area (Å²) in [6.07, 6.45) is 2.65. The second-order valence-corrected chi connectivity index (χ2v) is 7.86. The van der Waals surface area contributed by atoms with Crippen LogP contribution in [-0.4, -0.2) is 35.3 Å². The van der Waals surface area contributed by atoms with Gasteiger partial charge in [-0.25, -0.2) is 4.79 Å². The Balaban J connectivity index is 2.48. The van der Waals surface area contributed by atoms with Crippen molar-refractivity contribution in [2.45, 2.75) is 45.1 Å². The van der Waals surface area contributed by atoms with Crippen LogP contribution in [-0.2, 0) is 5.41 Å². The van der Waals surface area contributed by atoms with Crippen molar-refractivity contribution < 1.29 is 9.90 Å². The van der Waals surface area contributed by atoms with Crippen LogP contribution in [0.4, 0.5) is 10.5 Å². The number of aliphatic hydroxyl groups is 1. The zero-order valence-corrected chi connectivity index (χ0v) is 15.0. The standard InChI is InChI=1S/C17H28N2O2S/c1-16(2,3)13-6-8-14(9-7-13)19-15(20)18-12-17(4,21)10-11-22-5/h6-9,21H,10-12H2,1-5H3,(H2,18,19,20)/t17-/m0/s1. The summed E-state index contributed by atoms with van der Waals surface area (Å²) in [7, 11) is 0. The van der Waals surface area contributed by atoms with Crippen molar-refractivity contribution in [1.82, 2.24) is 5.32 Å². The van der Waals surface area contributed by atoms with Crippen LogP contribution in [0.1, 0.15) is 39.7 Å². The molecule has 1 rings (SSSR count). The molecule has 0 spiro atoms. The maximum absolute atomic E-state index is 11.9. The topological polar surface area (TPSA) is 61.4 Å². The molecule has 0 radical (unpaired) electrons. The lowest BCUT2D eigenvalue weighted by atomic mass is 9.87. The Kier molecular flexibility index (Phi) is 6.75. The molecule has 0 aromatic heterocycles. The van der Waals surface area contributed by atoms with Gasteiger partial charge in [0, 0.05) is 12.2 Å². The van der Waals surface area contributed by atoms with E-state index in [2.05, 4.69) is 31.4 Å². The summed E-state index contributed by atoms with van der Waals surface area (Å²) in [4.78, 5) is 11.9. The van der Waals surface area contributed by atoms with Crippen LogP contribution in [0.25, 0.3) is 0 Å². The quantitative estimate of drug-likeness (QED) is 0.749. The van der Waals surface area contributed by atoms with Gasteiger partial charge in [-0.3, -0.25) is 0 Å². The predicted octanol–water partition coefficient (Wildman–Crippen LogP) is 3.61. The first-order valence-electron chi connectivity index (χ1n) is 7.51. The third-order valence-corrected chi connectivity index (χ3v) is 4.10.